The Morgan fingerprint density at radius 2 is 1.41 bits per heavy atom. The summed E-state index contributed by atoms with van der Waals surface area (Å²) in [5.41, 5.74) is 15.2. The highest BCUT2D eigenvalue weighted by Crippen LogP contribution is 2.68. The Hall–Kier alpha value is -3.39. The van der Waals surface area contributed by atoms with E-state index >= 15 is 0 Å². The van der Waals surface area contributed by atoms with E-state index in [4.69, 9.17) is 0 Å². The standard InChI is InChI=1S/C27H16O2/c28-19-7-5-17(6-8-19)27-18-10-16-4-3-14-9-13-1-2-15-11-20(21(29)12-18)26(27)24(15)22(13)23(14)25(16)27/h1-8,12,28H,9-11H2/t27-/m0/s1. The van der Waals surface area contributed by atoms with Crippen LogP contribution in [0, 0.1) is 0 Å². The molecule has 0 aliphatic heterocycles. The van der Waals surface area contributed by atoms with Crippen molar-refractivity contribution in [3.05, 3.63) is 105 Å². The van der Waals surface area contributed by atoms with E-state index in [0.29, 0.717) is 0 Å². The monoisotopic (exact) mass is 372 g/mol. The molecule has 0 radical (unpaired) electrons. The van der Waals surface area contributed by atoms with Crippen LogP contribution >= 0.6 is 0 Å². The molecule has 3 aromatic rings. The molecule has 0 heterocycles. The Morgan fingerprint density at radius 1 is 0.724 bits per heavy atom. The largest absolute Gasteiger partial charge is 0.508 e. The zero-order chi connectivity index (χ0) is 19.1. The smallest absolute Gasteiger partial charge is 0.182 e. The minimum atomic E-state index is -0.376. The Kier molecular flexibility index (Phi) is 2.15. The van der Waals surface area contributed by atoms with Gasteiger partial charge in [0.25, 0.3) is 0 Å². The third-order valence-corrected chi connectivity index (χ3v) is 7.82. The molecule has 2 nitrogen and oxygen atoms in total. The minimum absolute atomic E-state index is 0.184. The fourth-order valence-corrected chi connectivity index (χ4v) is 6.89. The number of aromatic hydroxyl groups is 1. The van der Waals surface area contributed by atoms with Crippen LogP contribution in [0.25, 0.3) is 16.7 Å². The van der Waals surface area contributed by atoms with Gasteiger partial charge in [-0.25, -0.2) is 0 Å². The lowest BCUT2D eigenvalue weighted by Crippen LogP contribution is -2.35. The minimum Gasteiger partial charge on any atom is -0.508 e. The van der Waals surface area contributed by atoms with Crippen molar-refractivity contribution in [1.29, 1.82) is 0 Å². The number of carbonyl (C=O) groups excluding carboxylic acids is 1. The first-order chi connectivity index (χ1) is 14.2. The first-order valence-electron chi connectivity index (χ1n) is 10.3. The average Bonchev–Trinajstić information content (AvgIpc) is 3.37. The average molecular weight is 372 g/mol. The summed E-state index contributed by atoms with van der Waals surface area (Å²) in [7, 11) is 0. The highest BCUT2D eigenvalue weighted by Gasteiger charge is 2.58. The van der Waals surface area contributed by atoms with Gasteiger partial charge < -0.3 is 5.11 Å². The zero-order valence-corrected chi connectivity index (χ0v) is 15.7. The Morgan fingerprint density at radius 3 is 2.21 bits per heavy atom. The molecule has 0 aromatic heterocycles. The number of hydrogen-bond donors (Lipinski definition) is 1. The molecule has 5 aliphatic rings. The molecule has 3 aromatic carbocycles. The fraction of sp³-hybridized carbons (Fsp3) is 0.148. The van der Waals surface area contributed by atoms with Gasteiger partial charge in [0, 0.05) is 12.0 Å². The maximum atomic E-state index is 13.2. The van der Waals surface area contributed by atoms with Gasteiger partial charge in [-0.1, -0.05) is 36.4 Å². The summed E-state index contributed by atoms with van der Waals surface area (Å²) in [4.78, 5) is 13.2. The van der Waals surface area contributed by atoms with Gasteiger partial charge in [-0.3, -0.25) is 4.79 Å². The number of carbonyl (C=O) groups is 1. The number of ketones is 1. The van der Waals surface area contributed by atoms with Crippen LogP contribution in [0.15, 0.2) is 65.8 Å². The van der Waals surface area contributed by atoms with Crippen molar-refractivity contribution in [1.82, 2.24) is 0 Å². The predicted molar refractivity (Wildman–Crippen MR) is 111 cm³/mol. The first kappa shape index (κ1) is 14.6. The van der Waals surface area contributed by atoms with E-state index in [-0.39, 0.29) is 16.9 Å². The first-order valence-corrected chi connectivity index (χ1v) is 10.3. The Balaban J connectivity index is 1.65. The number of allylic oxidation sites excluding steroid dienone is 4. The normalized spacial score (nSPS) is 23.2. The summed E-state index contributed by atoms with van der Waals surface area (Å²) in [6.07, 6.45) is 4.46. The summed E-state index contributed by atoms with van der Waals surface area (Å²) in [6, 6.07) is 16.8. The van der Waals surface area contributed by atoms with Gasteiger partial charge in [0.2, 0.25) is 0 Å². The molecule has 0 fully saturated rings. The SMILES string of the molecule is O=C1C=C2Cc3ccc4c5c3[C@@]2(c2ccc(O)cc2)C2=C1Cc1ccc(c-5c12)C4. The molecule has 136 valence electrons. The van der Waals surface area contributed by atoms with Gasteiger partial charge in [0.15, 0.2) is 5.78 Å². The van der Waals surface area contributed by atoms with Crippen LogP contribution in [0.4, 0.5) is 0 Å². The topological polar surface area (TPSA) is 37.3 Å². The second-order valence-corrected chi connectivity index (χ2v) is 8.98. The third-order valence-electron chi connectivity index (χ3n) is 7.82. The second-order valence-electron chi connectivity index (χ2n) is 8.98. The van der Waals surface area contributed by atoms with E-state index in [1.165, 1.54) is 61.2 Å². The molecule has 0 amide bonds. The van der Waals surface area contributed by atoms with Crippen molar-refractivity contribution in [2.75, 3.05) is 0 Å². The molecule has 2 heteroatoms. The molecule has 1 atom stereocenters. The predicted octanol–water partition coefficient (Wildman–Crippen LogP) is 4.64. The van der Waals surface area contributed by atoms with Crippen LogP contribution < -0.4 is 0 Å². The van der Waals surface area contributed by atoms with Crippen molar-refractivity contribution in [3.8, 4) is 16.9 Å². The van der Waals surface area contributed by atoms with E-state index in [2.05, 4.69) is 36.4 Å². The van der Waals surface area contributed by atoms with E-state index in [9.17, 15) is 9.90 Å². The molecule has 0 bridgehead atoms. The molecule has 5 aliphatic carbocycles. The summed E-state index contributed by atoms with van der Waals surface area (Å²) in [6.45, 7) is 0. The molecular weight excluding hydrogens is 356 g/mol. The number of benzene rings is 3. The highest BCUT2D eigenvalue weighted by atomic mass is 16.3. The van der Waals surface area contributed by atoms with Crippen LogP contribution in [0.2, 0.25) is 0 Å². The Bertz CT molecular complexity index is 1430. The number of phenolic OH excluding ortho intramolecular Hbond substituents is 1. The van der Waals surface area contributed by atoms with Crippen molar-refractivity contribution >= 4 is 11.4 Å². The quantitative estimate of drug-likeness (QED) is 0.529. The molecule has 0 spiro atoms. The van der Waals surface area contributed by atoms with Crippen LogP contribution in [0.5, 0.6) is 5.75 Å². The lowest BCUT2D eigenvalue weighted by molar-refractivity contribution is -0.111. The van der Waals surface area contributed by atoms with Gasteiger partial charge >= 0.3 is 0 Å². The van der Waals surface area contributed by atoms with E-state index < -0.39 is 0 Å². The third kappa shape index (κ3) is 1.35. The molecular formula is C27H16O2. The maximum Gasteiger partial charge on any atom is 0.182 e. The van der Waals surface area contributed by atoms with Gasteiger partial charge in [0.1, 0.15) is 5.75 Å². The lowest BCUT2D eigenvalue weighted by Gasteiger charge is -2.42. The summed E-state index contributed by atoms with van der Waals surface area (Å²) < 4.78 is 0. The molecule has 0 saturated heterocycles. The van der Waals surface area contributed by atoms with E-state index in [1.54, 1.807) is 12.1 Å². The zero-order valence-electron chi connectivity index (χ0n) is 15.7. The highest BCUT2D eigenvalue weighted by molar-refractivity contribution is 6.21. The van der Waals surface area contributed by atoms with Crippen molar-refractivity contribution in [3.63, 3.8) is 0 Å². The number of hydrogen-bond acceptors (Lipinski definition) is 2. The van der Waals surface area contributed by atoms with Crippen molar-refractivity contribution in [2.45, 2.75) is 24.7 Å². The van der Waals surface area contributed by atoms with E-state index in [1.807, 2.05) is 6.08 Å². The summed E-state index contributed by atoms with van der Waals surface area (Å²) in [5.74, 6) is 0.462. The molecule has 0 unspecified atom stereocenters. The van der Waals surface area contributed by atoms with Crippen molar-refractivity contribution < 1.29 is 9.90 Å². The van der Waals surface area contributed by atoms with Gasteiger partial charge in [-0.15, -0.1) is 0 Å². The van der Waals surface area contributed by atoms with Crippen LogP contribution in [0.3, 0.4) is 0 Å². The molecule has 8 rings (SSSR count). The summed E-state index contributed by atoms with van der Waals surface area (Å²) in [5, 5.41) is 9.96. The second kappa shape index (κ2) is 4.28. The molecule has 29 heavy (non-hydrogen) atoms. The Labute approximate surface area is 167 Å². The van der Waals surface area contributed by atoms with Crippen LogP contribution in [0.1, 0.15) is 38.9 Å². The van der Waals surface area contributed by atoms with Crippen LogP contribution in [-0.2, 0) is 29.5 Å². The molecule has 0 saturated carbocycles. The van der Waals surface area contributed by atoms with Gasteiger partial charge in [-0.2, -0.15) is 0 Å². The van der Waals surface area contributed by atoms with Gasteiger partial charge in [0.05, 0.1) is 5.41 Å². The van der Waals surface area contributed by atoms with Crippen LogP contribution in [-0.4, -0.2) is 10.9 Å². The maximum absolute atomic E-state index is 13.2. The fourth-order valence-electron chi connectivity index (χ4n) is 6.89. The molecule has 1 N–H and O–H groups in total. The lowest BCUT2D eigenvalue weighted by atomic mass is 9.58. The summed E-state index contributed by atoms with van der Waals surface area (Å²) >= 11 is 0. The van der Waals surface area contributed by atoms with Crippen molar-refractivity contribution in [2.24, 2.45) is 0 Å². The number of phenols is 1. The number of rotatable bonds is 1. The van der Waals surface area contributed by atoms with Gasteiger partial charge in [-0.05, 0) is 92.3 Å². The van der Waals surface area contributed by atoms with E-state index in [0.717, 1.165) is 24.8 Å².